The molecule has 0 aromatic rings. The van der Waals surface area contributed by atoms with Gasteiger partial charge in [0.1, 0.15) is 0 Å². The van der Waals surface area contributed by atoms with Crippen molar-refractivity contribution in [3.63, 3.8) is 0 Å². The largest absolute Gasteiger partial charge is 0.370 e. The van der Waals surface area contributed by atoms with Crippen LogP contribution in [0, 0.1) is 12.3 Å². The van der Waals surface area contributed by atoms with Gasteiger partial charge in [-0.25, -0.2) is 0 Å². The van der Waals surface area contributed by atoms with Gasteiger partial charge in [-0.3, -0.25) is 4.79 Å². The van der Waals surface area contributed by atoms with Crippen molar-refractivity contribution in [2.45, 2.75) is 38.6 Å². The second-order valence-corrected chi connectivity index (χ2v) is 3.19. The summed E-state index contributed by atoms with van der Waals surface area (Å²) in [5.41, 5.74) is 5.04. The van der Waals surface area contributed by atoms with E-state index in [1.165, 1.54) is 0 Å². The Kier molecular flexibility index (Phi) is 7.04. The maximum absolute atomic E-state index is 10.5. The number of amides is 1. The summed E-state index contributed by atoms with van der Waals surface area (Å²) in [6.07, 6.45) is 8.41. The molecular formula is C10H18N2O. The third-order valence-electron chi connectivity index (χ3n) is 1.75. The van der Waals surface area contributed by atoms with Gasteiger partial charge in [0, 0.05) is 18.9 Å². The highest BCUT2D eigenvalue weighted by Gasteiger charge is 2.03. The van der Waals surface area contributed by atoms with Crippen molar-refractivity contribution in [2.24, 2.45) is 5.73 Å². The lowest BCUT2D eigenvalue weighted by Crippen LogP contribution is -2.31. The minimum atomic E-state index is -0.261. The minimum Gasteiger partial charge on any atom is -0.370 e. The maximum atomic E-state index is 10.5. The van der Waals surface area contributed by atoms with E-state index in [4.69, 9.17) is 12.2 Å². The molecular weight excluding hydrogens is 164 g/mol. The van der Waals surface area contributed by atoms with Gasteiger partial charge < -0.3 is 11.1 Å². The van der Waals surface area contributed by atoms with E-state index in [1.807, 2.05) is 6.92 Å². The van der Waals surface area contributed by atoms with Gasteiger partial charge in [-0.1, -0.05) is 0 Å². The highest BCUT2D eigenvalue weighted by atomic mass is 16.1. The zero-order valence-corrected chi connectivity index (χ0v) is 8.18. The number of carbonyl (C=O) groups is 1. The Labute approximate surface area is 80.1 Å². The van der Waals surface area contributed by atoms with Crippen molar-refractivity contribution >= 4 is 5.91 Å². The molecule has 0 aliphatic carbocycles. The van der Waals surface area contributed by atoms with Gasteiger partial charge in [0.05, 0.1) is 0 Å². The lowest BCUT2D eigenvalue weighted by atomic mass is 10.2. The van der Waals surface area contributed by atoms with E-state index < -0.39 is 0 Å². The Hall–Kier alpha value is -1.01. The minimum absolute atomic E-state index is 0.170. The monoisotopic (exact) mass is 182 g/mol. The zero-order valence-electron chi connectivity index (χ0n) is 8.18. The summed E-state index contributed by atoms with van der Waals surface area (Å²) in [6.45, 7) is 2.85. The molecule has 0 heterocycles. The Morgan fingerprint density at radius 2 is 2.31 bits per heavy atom. The first-order valence-corrected chi connectivity index (χ1v) is 4.62. The molecule has 0 aromatic carbocycles. The summed E-state index contributed by atoms with van der Waals surface area (Å²) in [4.78, 5) is 10.5. The molecule has 1 atom stereocenters. The van der Waals surface area contributed by atoms with Gasteiger partial charge in [-0.05, 0) is 26.3 Å². The molecule has 3 nitrogen and oxygen atoms in total. The molecule has 0 saturated carbocycles. The molecule has 13 heavy (non-hydrogen) atoms. The molecule has 74 valence electrons. The molecule has 0 fully saturated rings. The van der Waals surface area contributed by atoms with Crippen LogP contribution in [0.3, 0.4) is 0 Å². The average Bonchev–Trinajstić information content (AvgIpc) is 2.02. The average molecular weight is 182 g/mol. The van der Waals surface area contributed by atoms with Gasteiger partial charge >= 0.3 is 0 Å². The summed E-state index contributed by atoms with van der Waals surface area (Å²) < 4.78 is 0. The zero-order chi connectivity index (χ0) is 10.1. The van der Waals surface area contributed by atoms with Crippen molar-refractivity contribution < 1.29 is 4.79 Å². The first kappa shape index (κ1) is 12.0. The molecule has 3 N–H and O–H groups in total. The Balaban J connectivity index is 3.22. The fraction of sp³-hybridized carbons (Fsp3) is 0.700. The van der Waals surface area contributed by atoms with Gasteiger partial charge in [-0.2, -0.15) is 0 Å². The highest BCUT2D eigenvalue weighted by Crippen LogP contribution is 1.94. The van der Waals surface area contributed by atoms with Crippen LogP contribution in [0.5, 0.6) is 0 Å². The summed E-state index contributed by atoms with van der Waals surface area (Å²) in [6, 6.07) is 0.170. The number of hydrogen-bond acceptors (Lipinski definition) is 2. The van der Waals surface area contributed by atoms with Crippen LogP contribution >= 0.6 is 0 Å². The molecule has 0 radical (unpaired) electrons. The van der Waals surface area contributed by atoms with Crippen LogP contribution in [0.15, 0.2) is 0 Å². The van der Waals surface area contributed by atoms with Crippen molar-refractivity contribution in [1.82, 2.24) is 5.32 Å². The first-order valence-electron chi connectivity index (χ1n) is 4.62. The molecule has 1 unspecified atom stereocenters. The predicted molar refractivity (Wildman–Crippen MR) is 54.0 cm³/mol. The smallest absolute Gasteiger partial charge is 0.218 e. The van der Waals surface area contributed by atoms with Gasteiger partial charge in [0.2, 0.25) is 5.91 Å². The van der Waals surface area contributed by atoms with E-state index in [2.05, 4.69) is 11.2 Å². The highest BCUT2D eigenvalue weighted by molar-refractivity contribution is 5.74. The van der Waals surface area contributed by atoms with E-state index in [0.717, 1.165) is 25.8 Å². The number of unbranched alkanes of at least 4 members (excludes halogenated alkanes) is 2. The summed E-state index contributed by atoms with van der Waals surface area (Å²) >= 11 is 0. The van der Waals surface area contributed by atoms with E-state index >= 15 is 0 Å². The van der Waals surface area contributed by atoms with Crippen LogP contribution in [0.4, 0.5) is 0 Å². The lowest BCUT2D eigenvalue weighted by Gasteiger charge is -2.10. The number of carbonyl (C=O) groups excluding carboxylic acids is 1. The van der Waals surface area contributed by atoms with Crippen LogP contribution in [0.2, 0.25) is 0 Å². The third-order valence-corrected chi connectivity index (χ3v) is 1.75. The molecule has 0 rings (SSSR count). The van der Waals surface area contributed by atoms with Gasteiger partial charge in [-0.15, -0.1) is 12.3 Å². The molecule has 1 amide bonds. The van der Waals surface area contributed by atoms with Crippen molar-refractivity contribution in [1.29, 1.82) is 0 Å². The fourth-order valence-electron chi connectivity index (χ4n) is 1.07. The number of hydrogen-bond donors (Lipinski definition) is 2. The standard InChI is InChI=1S/C10H18N2O/c1-3-4-5-6-7-12-9(2)8-10(11)13/h1,9,12H,4-8H2,2H3,(H2,11,13). The van der Waals surface area contributed by atoms with Crippen LogP contribution in [-0.2, 0) is 4.79 Å². The van der Waals surface area contributed by atoms with Gasteiger partial charge in [0.15, 0.2) is 0 Å². The van der Waals surface area contributed by atoms with E-state index in [1.54, 1.807) is 0 Å². The number of nitrogens with two attached hydrogens (primary N) is 1. The predicted octanol–water partition coefficient (Wildman–Crippen LogP) is 0.643. The normalized spacial score (nSPS) is 12.0. The number of primary amides is 1. The SMILES string of the molecule is C#CCCCCNC(C)CC(N)=O. The second kappa shape index (κ2) is 7.63. The first-order chi connectivity index (χ1) is 6.16. The molecule has 0 aromatic heterocycles. The summed E-state index contributed by atoms with van der Waals surface area (Å²) in [5.74, 6) is 2.33. The van der Waals surface area contributed by atoms with Crippen LogP contribution in [0.25, 0.3) is 0 Å². The number of nitrogens with one attached hydrogen (secondary N) is 1. The van der Waals surface area contributed by atoms with Crippen molar-refractivity contribution in [2.75, 3.05) is 6.54 Å². The summed E-state index contributed by atoms with van der Waals surface area (Å²) in [7, 11) is 0. The fourth-order valence-corrected chi connectivity index (χ4v) is 1.07. The lowest BCUT2D eigenvalue weighted by molar-refractivity contribution is -0.118. The molecule has 0 bridgehead atoms. The van der Waals surface area contributed by atoms with E-state index in [-0.39, 0.29) is 11.9 Å². The Morgan fingerprint density at radius 1 is 1.62 bits per heavy atom. The second-order valence-electron chi connectivity index (χ2n) is 3.19. The van der Waals surface area contributed by atoms with E-state index in [9.17, 15) is 4.79 Å². The van der Waals surface area contributed by atoms with Crippen LogP contribution < -0.4 is 11.1 Å². The van der Waals surface area contributed by atoms with E-state index in [0.29, 0.717) is 6.42 Å². The Morgan fingerprint density at radius 3 is 2.85 bits per heavy atom. The molecule has 0 aliphatic rings. The topological polar surface area (TPSA) is 55.1 Å². The third kappa shape index (κ3) is 8.90. The maximum Gasteiger partial charge on any atom is 0.218 e. The quantitative estimate of drug-likeness (QED) is 0.448. The molecule has 0 saturated heterocycles. The molecule has 0 aliphatic heterocycles. The summed E-state index contributed by atoms with van der Waals surface area (Å²) in [5, 5.41) is 3.20. The van der Waals surface area contributed by atoms with Crippen molar-refractivity contribution in [3.8, 4) is 12.3 Å². The van der Waals surface area contributed by atoms with Crippen LogP contribution in [0.1, 0.15) is 32.6 Å². The number of rotatable bonds is 7. The van der Waals surface area contributed by atoms with Crippen LogP contribution in [-0.4, -0.2) is 18.5 Å². The Bertz CT molecular complexity index is 184. The van der Waals surface area contributed by atoms with Gasteiger partial charge in [0.25, 0.3) is 0 Å². The molecule has 0 spiro atoms. The number of terminal acetylenes is 1. The van der Waals surface area contributed by atoms with Crippen molar-refractivity contribution in [3.05, 3.63) is 0 Å². The molecule has 3 heteroatoms.